The highest BCUT2D eigenvalue weighted by atomic mass is 35.5. The van der Waals surface area contributed by atoms with Crippen molar-refractivity contribution in [2.75, 3.05) is 26.2 Å². The van der Waals surface area contributed by atoms with E-state index in [0.717, 1.165) is 55.0 Å². The first-order valence-electron chi connectivity index (χ1n) is 8.62. The van der Waals surface area contributed by atoms with Gasteiger partial charge in [-0.2, -0.15) is 9.61 Å². The number of hydrogen-bond acceptors (Lipinski definition) is 6. The van der Waals surface area contributed by atoms with Crippen molar-refractivity contribution in [1.82, 2.24) is 24.4 Å². The van der Waals surface area contributed by atoms with E-state index in [9.17, 15) is 4.79 Å². The summed E-state index contributed by atoms with van der Waals surface area (Å²) in [6.07, 6.45) is 0. The zero-order chi connectivity index (χ0) is 18.1. The molecule has 8 heteroatoms. The number of rotatable bonds is 4. The number of nitrogens with zero attached hydrogens (tertiary/aromatic N) is 5. The van der Waals surface area contributed by atoms with Gasteiger partial charge >= 0.3 is 0 Å². The monoisotopic (exact) mass is 389 g/mol. The number of aromatic nitrogens is 3. The molecular weight excluding hydrogens is 370 g/mol. The minimum Gasteiger partial charge on any atom is -0.297 e. The van der Waals surface area contributed by atoms with Gasteiger partial charge in [-0.15, -0.1) is 0 Å². The molecule has 0 N–H and O–H groups in total. The van der Waals surface area contributed by atoms with Gasteiger partial charge < -0.3 is 0 Å². The molecule has 3 heterocycles. The highest BCUT2D eigenvalue weighted by molar-refractivity contribution is 7.16. The van der Waals surface area contributed by atoms with E-state index >= 15 is 0 Å². The van der Waals surface area contributed by atoms with Crippen LogP contribution >= 0.6 is 22.9 Å². The molecule has 2 aromatic heterocycles. The van der Waals surface area contributed by atoms with Gasteiger partial charge in [0.2, 0.25) is 4.96 Å². The molecule has 0 bridgehead atoms. The fourth-order valence-electron chi connectivity index (χ4n) is 3.17. The maximum absolute atomic E-state index is 12.0. The molecule has 1 fully saturated rings. The van der Waals surface area contributed by atoms with Crippen LogP contribution in [0.25, 0.3) is 4.96 Å². The lowest BCUT2D eigenvalue weighted by Crippen LogP contribution is -2.45. The molecule has 0 saturated carbocycles. The molecule has 0 amide bonds. The third-order valence-corrected chi connectivity index (χ3v) is 5.70. The Morgan fingerprint density at radius 3 is 2.42 bits per heavy atom. The van der Waals surface area contributed by atoms with E-state index in [-0.39, 0.29) is 5.56 Å². The van der Waals surface area contributed by atoms with E-state index in [1.165, 1.54) is 27.5 Å². The van der Waals surface area contributed by atoms with Crippen LogP contribution in [0.1, 0.15) is 16.3 Å². The molecule has 4 rings (SSSR count). The zero-order valence-corrected chi connectivity index (χ0v) is 16.1. The van der Waals surface area contributed by atoms with Crippen LogP contribution in [-0.2, 0) is 13.1 Å². The highest BCUT2D eigenvalue weighted by Crippen LogP contribution is 2.16. The third-order valence-electron chi connectivity index (χ3n) is 4.56. The molecule has 0 unspecified atom stereocenters. The largest absolute Gasteiger partial charge is 0.297 e. The molecule has 136 valence electrons. The van der Waals surface area contributed by atoms with Gasteiger partial charge in [0, 0.05) is 49.5 Å². The summed E-state index contributed by atoms with van der Waals surface area (Å²) in [4.78, 5) is 21.9. The van der Waals surface area contributed by atoms with Crippen LogP contribution in [0.3, 0.4) is 0 Å². The molecule has 1 aliphatic heterocycles. The number of halogens is 1. The van der Waals surface area contributed by atoms with E-state index in [1.54, 1.807) is 0 Å². The van der Waals surface area contributed by atoms with Crippen molar-refractivity contribution >= 4 is 27.9 Å². The Labute approximate surface area is 160 Å². The van der Waals surface area contributed by atoms with Gasteiger partial charge in [-0.05, 0) is 24.6 Å². The Bertz CT molecular complexity index is 960. The molecule has 6 nitrogen and oxygen atoms in total. The van der Waals surface area contributed by atoms with Crippen LogP contribution in [0.15, 0.2) is 35.1 Å². The summed E-state index contributed by atoms with van der Waals surface area (Å²) in [6.45, 7) is 7.57. The molecule has 26 heavy (non-hydrogen) atoms. The Hall–Kier alpha value is -1.80. The Balaban J connectivity index is 1.36. The highest BCUT2D eigenvalue weighted by Gasteiger charge is 2.19. The summed E-state index contributed by atoms with van der Waals surface area (Å²) in [5.41, 5.74) is 1.92. The SMILES string of the molecule is Cc1cc(=O)n2nc(CN3CCN(Cc4ccc(Cl)cc4)CC3)sc2n1. The molecule has 1 aliphatic rings. The molecule has 3 aromatic rings. The standard InChI is InChI=1S/C18H20ClN5OS/c1-13-10-17(25)24-18(20-13)26-16(21-24)12-23-8-6-22(7-9-23)11-14-2-4-15(19)5-3-14/h2-5,10H,6-9,11-12H2,1H3. The summed E-state index contributed by atoms with van der Waals surface area (Å²) in [5.74, 6) is 0. The van der Waals surface area contributed by atoms with Gasteiger partial charge in [0.05, 0.1) is 6.54 Å². The molecule has 0 spiro atoms. The smallest absolute Gasteiger partial charge is 0.275 e. The fraction of sp³-hybridized carbons (Fsp3) is 0.389. The lowest BCUT2D eigenvalue weighted by atomic mass is 10.2. The second kappa shape index (κ2) is 7.44. The lowest BCUT2D eigenvalue weighted by Gasteiger charge is -2.34. The van der Waals surface area contributed by atoms with Gasteiger partial charge in [-0.3, -0.25) is 14.6 Å². The number of fused-ring (bicyclic) bond motifs is 1. The summed E-state index contributed by atoms with van der Waals surface area (Å²) in [6, 6.07) is 9.58. The van der Waals surface area contributed by atoms with Crippen molar-refractivity contribution in [3.63, 3.8) is 0 Å². The molecule has 0 radical (unpaired) electrons. The summed E-state index contributed by atoms with van der Waals surface area (Å²) >= 11 is 7.44. The number of hydrogen-bond donors (Lipinski definition) is 0. The van der Waals surface area contributed by atoms with Crippen molar-refractivity contribution < 1.29 is 0 Å². The van der Waals surface area contributed by atoms with Crippen LogP contribution in [0.4, 0.5) is 0 Å². The first-order valence-corrected chi connectivity index (χ1v) is 9.82. The topological polar surface area (TPSA) is 53.7 Å². The van der Waals surface area contributed by atoms with Gasteiger partial charge in [0.15, 0.2) is 0 Å². The van der Waals surface area contributed by atoms with Crippen LogP contribution in [-0.4, -0.2) is 50.6 Å². The second-order valence-corrected chi connectivity index (χ2v) is 8.08. The van der Waals surface area contributed by atoms with Gasteiger partial charge in [-0.25, -0.2) is 4.98 Å². The third kappa shape index (κ3) is 3.96. The van der Waals surface area contributed by atoms with Crippen molar-refractivity contribution in [1.29, 1.82) is 0 Å². The number of aryl methyl sites for hydroxylation is 1. The van der Waals surface area contributed by atoms with Crippen LogP contribution in [0, 0.1) is 6.92 Å². The molecule has 0 atom stereocenters. The Kier molecular flexibility index (Phi) is 5.04. The number of piperazine rings is 1. The maximum Gasteiger partial charge on any atom is 0.275 e. The normalized spacial score (nSPS) is 16.4. The van der Waals surface area contributed by atoms with Crippen LogP contribution in [0.5, 0.6) is 0 Å². The fourth-order valence-corrected chi connectivity index (χ4v) is 4.28. The minimum absolute atomic E-state index is 0.109. The minimum atomic E-state index is -0.109. The van der Waals surface area contributed by atoms with Crippen LogP contribution < -0.4 is 5.56 Å². The van der Waals surface area contributed by atoms with Crippen LogP contribution in [0.2, 0.25) is 5.02 Å². The zero-order valence-electron chi connectivity index (χ0n) is 14.6. The quantitative estimate of drug-likeness (QED) is 0.686. The van der Waals surface area contributed by atoms with Gasteiger partial charge in [0.25, 0.3) is 5.56 Å². The number of benzene rings is 1. The van der Waals surface area contributed by atoms with E-state index in [1.807, 2.05) is 19.1 Å². The molecule has 0 aliphatic carbocycles. The average molecular weight is 390 g/mol. The summed E-state index contributed by atoms with van der Waals surface area (Å²) in [7, 11) is 0. The van der Waals surface area contributed by atoms with Crippen molar-refractivity contribution in [3.8, 4) is 0 Å². The van der Waals surface area contributed by atoms with E-state index in [2.05, 4.69) is 32.0 Å². The molecule has 1 aromatic carbocycles. The van der Waals surface area contributed by atoms with E-state index < -0.39 is 0 Å². The van der Waals surface area contributed by atoms with Crippen molar-refractivity contribution in [3.05, 3.63) is 62.0 Å². The summed E-state index contributed by atoms with van der Waals surface area (Å²) in [5, 5.41) is 6.15. The molecule has 1 saturated heterocycles. The van der Waals surface area contributed by atoms with Gasteiger partial charge in [-0.1, -0.05) is 35.1 Å². The van der Waals surface area contributed by atoms with E-state index in [0.29, 0.717) is 4.96 Å². The maximum atomic E-state index is 12.0. The predicted octanol–water partition coefficient (Wildman–Crippen LogP) is 2.43. The first-order chi connectivity index (χ1) is 12.6. The van der Waals surface area contributed by atoms with E-state index in [4.69, 9.17) is 11.6 Å². The molecular formula is C18H20ClN5OS. The van der Waals surface area contributed by atoms with Crippen molar-refractivity contribution in [2.24, 2.45) is 0 Å². The first kappa shape index (κ1) is 17.6. The van der Waals surface area contributed by atoms with Crippen molar-refractivity contribution in [2.45, 2.75) is 20.0 Å². The lowest BCUT2D eigenvalue weighted by molar-refractivity contribution is 0.121. The summed E-state index contributed by atoms with van der Waals surface area (Å²) < 4.78 is 1.41. The van der Waals surface area contributed by atoms with Gasteiger partial charge in [0.1, 0.15) is 5.01 Å². The predicted molar refractivity (Wildman–Crippen MR) is 104 cm³/mol. The Morgan fingerprint density at radius 1 is 1.08 bits per heavy atom. The average Bonchev–Trinajstić information content (AvgIpc) is 3.01. The second-order valence-electron chi connectivity index (χ2n) is 6.60. The Morgan fingerprint density at radius 2 is 1.73 bits per heavy atom.